The van der Waals surface area contributed by atoms with Gasteiger partial charge in [0.1, 0.15) is 12.7 Å². The van der Waals surface area contributed by atoms with Gasteiger partial charge in [0.05, 0.1) is 12.4 Å². The van der Waals surface area contributed by atoms with E-state index in [1.165, 1.54) is 4.90 Å². The van der Waals surface area contributed by atoms with Gasteiger partial charge in [-0.3, -0.25) is 14.9 Å². The minimum atomic E-state index is -1.03. The van der Waals surface area contributed by atoms with Gasteiger partial charge in [-0.15, -0.1) is 0 Å². The number of halogens is 3. The number of hydrogen-bond acceptors (Lipinski definition) is 4. The maximum absolute atomic E-state index is 14.2. The molecule has 0 saturated heterocycles. The molecule has 2 heterocycles. The molecule has 134 valence electrons. The van der Waals surface area contributed by atoms with Gasteiger partial charge in [0.15, 0.2) is 5.82 Å². The number of anilines is 1. The summed E-state index contributed by atoms with van der Waals surface area (Å²) in [5, 5.41) is 2.41. The smallest absolute Gasteiger partial charge is 0.254 e. The number of amides is 2. The van der Waals surface area contributed by atoms with Gasteiger partial charge >= 0.3 is 0 Å². The van der Waals surface area contributed by atoms with Gasteiger partial charge in [-0.1, -0.05) is 0 Å². The first-order valence-corrected chi connectivity index (χ1v) is 8.98. The van der Waals surface area contributed by atoms with E-state index in [0.717, 1.165) is 21.5 Å². The van der Waals surface area contributed by atoms with Gasteiger partial charge in [0, 0.05) is 21.1 Å². The summed E-state index contributed by atoms with van der Waals surface area (Å²) >= 11 is 2.13. The highest BCUT2D eigenvalue weighted by atomic mass is 127. The molecule has 1 aliphatic heterocycles. The van der Waals surface area contributed by atoms with Gasteiger partial charge in [-0.2, -0.15) is 0 Å². The summed E-state index contributed by atoms with van der Waals surface area (Å²) in [6.07, 6.45) is 1.17. The van der Waals surface area contributed by atoms with E-state index in [-0.39, 0.29) is 24.9 Å². The number of rotatable bonds is 3. The summed E-state index contributed by atoms with van der Waals surface area (Å²) in [5.74, 6) is -1.51. The molecule has 0 radical (unpaired) electrons. The lowest BCUT2D eigenvalue weighted by Crippen LogP contribution is -2.47. The van der Waals surface area contributed by atoms with E-state index in [0.29, 0.717) is 12.0 Å². The summed E-state index contributed by atoms with van der Waals surface area (Å²) in [6, 6.07) is 5.31. The van der Waals surface area contributed by atoms with Crippen molar-refractivity contribution in [3.8, 4) is 0 Å². The molecule has 2 amide bonds. The Morgan fingerprint density at radius 2 is 2.08 bits per heavy atom. The van der Waals surface area contributed by atoms with Crippen LogP contribution in [0, 0.1) is 9.39 Å². The van der Waals surface area contributed by atoms with E-state index >= 15 is 0 Å². The second-order valence-electron chi connectivity index (χ2n) is 6.45. The number of alkyl halides is 1. The average molecular weight is 470 g/mol. The predicted octanol–water partition coefficient (Wildman–Crippen LogP) is 2.29. The third-order valence-electron chi connectivity index (χ3n) is 4.70. The lowest BCUT2D eigenvalue weighted by molar-refractivity contribution is -0.117. The van der Waals surface area contributed by atoms with Crippen LogP contribution in [0.3, 0.4) is 0 Å². The number of fused-ring (bicyclic) bond motifs is 2. The summed E-state index contributed by atoms with van der Waals surface area (Å²) in [7, 11) is 0. The van der Waals surface area contributed by atoms with Crippen LogP contribution in [-0.4, -0.2) is 45.9 Å². The Labute approximate surface area is 161 Å². The maximum Gasteiger partial charge on any atom is 0.254 e. The molecule has 2 aliphatic rings. The molecule has 6 nitrogen and oxygen atoms in total. The van der Waals surface area contributed by atoms with Crippen molar-refractivity contribution >= 4 is 40.4 Å². The van der Waals surface area contributed by atoms with Crippen LogP contribution in [0.25, 0.3) is 0 Å². The van der Waals surface area contributed by atoms with Crippen molar-refractivity contribution in [1.29, 1.82) is 0 Å². The lowest BCUT2D eigenvalue weighted by Gasteiger charge is -2.34. The van der Waals surface area contributed by atoms with Crippen molar-refractivity contribution < 1.29 is 18.4 Å². The molecule has 1 aromatic carbocycles. The third kappa shape index (κ3) is 2.93. The maximum atomic E-state index is 14.2. The van der Waals surface area contributed by atoms with Crippen molar-refractivity contribution in [2.75, 3.05) is 18.4 Å². The first kappa shape index (κ1) is 17.3. The van der Waals surface area contributed by atoms with Gasteiger partial charge < -0.3 is 4.90 Å². The molecule has 0 bridgehead atoms. The number of carbonyl (C=O) groups is 2. The first-order chi connectivity index (χ1) is 12.4. The van der Waals surface area contributed by atoms with Crippen LogP contribution in [0.4, 0.5) is 14.7 Å². The minimum absolute atomic E-state index is 0.0553. The molecule has 2 aromatic rings. The Balaban J connectivity index is 1.54. The minimum Gasteiger partial charge on any atom is -0.328 e. The number of carbonyl (C=O) groups excluding carboxylic acids is 2. The van der Waals surface area contributed by atoms with Crippen LogP contribution in [0.1, 0.15) is 22.3 Å². The normalized spacial score (nSPS) is 23.7. The Morgan fingerprint density at radius 3 is 2.73 bits per heavy atom. The van der Waals surface area contributed by atoms with Crippen LogP contribution in [0.15, 0.2) is 30.6 Å². The fourth-order valence-corrected chi connectivity index (χ4v) is 3.82. The number of nitrogens with one attached hydrogen (secondary N) is 1. The number of benzene rings is 1. The highest BCUT2D eigenvalue weighted by molar-refractivity contribution is 14.1. The largest absolute Gasteiger partial charge is 0.328 e. The standard InChI is InChI=1S/C17H13F2IN4O2/c18-9-5-21-16(22-6-9)23-14(25)7-24-8-17(4-13(17)19)12-3-10(20)1-2-11(12)15(24)26/h1-3,5-6,13H,4,7-8H2,(H,21,22,23,25)/t13-,17-/m0/s1. The highest BCUT2D eigenvalue weighted by Gasteiger charge is 2.61. The molecule has 0 unspecified atom stereocenters. The van der Waals surface area contributed by atoms with Crippen LogP contribution < -0.4 is 5.32 Å². The zero-order valence-electron chi connectivity index (χ0n) is 13.4. The van der Waals surface area contributed by atoms with Crippen LogP contribution >= 0.6 is 22.6 Å². The second kappa shape index (κ2) is 6.22. The van der Waals surface area contributed by atoms with E-state index in [2.05, 4.69) is 37.9 Å². The van der Waals surface area contributed by atoms with Crippen molar-refractivity contribution in [1.82, 2.24) is 14.9 Å². The van der Waals surface area contributed by atoms with Gasteiger partial charge in [-0.05, 0) is 52.8 Å². The molecule has 4 rings (SSSR count). The number of nitrogens with zero attached hydrogens (tertiary/aromatic N) is 3. The molecule has 9 heteroatoms. The predicted molar refractivity (Wildman–Crippen MR) is 96.9 cm³/mol. The average Bonchev–Trinajstić information content (AvgIpc) is 3.25. The van der Waals surface area contributed by atoms with Crippen molar-refractivity contribution in [2.45, 2.75) is 18.0 Å². The van der Waals surface area contributed by atoms with Crippen LogP contribution in [-0.2, 0) is 10.2 Å². The summed E-state index contributed by atoms with van der Waals surface area (Å²) in [6.45, 7) is -0.0999. The number of hydrogen-bond donors (Lipinski definition) is 1. The molecule has 1 saturated carbocycles. The molecule has 26 heavy (non-hydrogen) atoms. The van der Waals surface area contributed by atoms with Gasteiger partial charge in [-0.25, -0.2) is 18.7 Å². The van der Waals surface area contributed by atoms with E-state index in [1.54, 1.807) is 12.1 Å². The van der Waals surface area contributed by atoms with E-state index in [9.17, 15) is 18.4 Å². The molecular formula is C17H13F2IN4O2. The van der Waals surface area contributed by atoms with E-state index in [4.69, 9.17) is 0 Å². The molecule has 1 aromatic heterocycles. The molecule has 2 atom stereocenters. The topological polar surface area (TPSA) is 75.2 Å². The quantitative estimate of drug-likeness (QED) is 0.699. The molecular weight excluding hydrogens is 457 g/mol. The van der Waals surface area contributed by atoms with E-state index in [1.807, 2.05) is 6.07 Å². The van der Waals surface area contributed by atoms with Crippen LogP contribution in [0.2, 0.25) is 0 Å². The second-order valence-corrected chi connectivity index (χ2v) is 7.70. The first-order valence-electron chi connectivity index (χ1n) is 7.90. The zero-order valence-corrected chi connectivity index (χ0v) is 15.5. The SMILES string of the molecule is O=C(CN1C[C@@]2(C[C@@H]2F)c2cc(I)ccc2C1=O)Nc1ncc(F)cn1. The van der Waals surface area contributed by atoms with Crippen molar-refractivity contribution in [3.05, 3.63) is 51.1 Å². The van der Waals surface area contributed by atoms with E-state index < -0.39 is 23.3 Å². The summed E-state index contributed by atoms with van der Waals surface area (Å²) < 4.78 is 27.9. The fraction of sp³-hybridized carbons (Fsp3) is 0.294. The zero-order chi connectivity index (χ0) is 18.5. The highest BCUT2D eigenvalue weighted by Crippen LogP contribution is 2.54. The Bertz CT molecular complexity index is 908. The monoisotopic (exact) mass is 470 g/mol. The molecule has 1 spiro atoms. The van der Waals surface area contributed by atoms with Crippen LogP contribution in [0.5, 0.6) is 0 Å². The summed E-state index contributed by atoms with van der Waals surface area (Å²) in [5.41, 5.74) is 0.431. The lowest BCUT2D eigenvalue weighted by atomic mass is 9.86. The number of aromatic nitrogens is 2. The molecule has 1 N–H and O–H groups in total. The Kier molecular flexibility index (Phi) is 4.13. The van der Waals surface area contributed by atoms with Crippen molar-refractivity contribution in [3.63, 3.8) is 0 Å². The van der Waals surface area contributed by atoms with Gasteiger partial charge in [0.2, 0.25) is 11.9 Å². The summed E-state index contributed by atoms with van der Waals surface area (Å²) in [4.78, 5) is 33.6. The third-order valence-corrected chi connectivity index (χ3v) is 5.37. The Hall–Kier alpha value is -2.17. The van der Waals surface area contributed by atoms with Gasteiger partial charge in [0.25, 0.3) is 5.91 Å². The molecule has 1 fully saturated rings. The Morgan fingerprint density at radius 1 is 1.38 bits per heavy atom. The molecule has 1 aliphatic carbocycles. The fourth-order valence-electron chi connectivity index (χ4n) is 3.33. The van der Waals surface area contributed by atoms with Crippen molar-refractivity contribution in [2.24, 2.45) is 0 Å².